The van der Waals surface area contributed by atoms with Crippen LogP contribution in [0.1, 0.15) is 30.7 Å². The van der Waals surface area contributed by atoms with E-state index in [1.807, 2.05) is 11.6 Å². The van der Waals surface area contributed by atoms with Crippen LogP contribution < -0.4 is 0 Å². The maximum atomic E-state index is 12.5. The lowest BCUT2D eigenvalue weighted by Gasteiger charge is -2.33. The van der Waals surface area contributed by atoms with Crippen LogP contribution in [0.25, 0.3) is 0 Å². The van der Waals surface area contributed by atoms with Crippen molar-refractivity contribution >= 4 is 17.2 Å². The third kappa shape index (κ3) is 3.42. The highest BCUT2D eigenvalue weighted by atomic mass is 32.1. The number of piperidine rings is 1. The van der Waals surface area contributed by atoms with Gasteiger partial charge in [-0.15, -0.1) is 11.3 Å². The molecular formula is C16H23N3O3S. The Morgan fingerprint density at radius 1 is 1.39 bits per heavy atom. The molecule has 0 N–H and O–H groups in total. The molecule has 0 aromatic carbocycles. The minimum atomic E-state index is -0.317. The number of nitrogens with zero attached hydrogens (tertiary/aromatic N) is 3. The summed E-state index contributed by atoms with van der Waals surface area (Å²) in [6, 6.07) is 0. The van der Waals surface area contributed by atoms with E-state index in [4.69, 9.17) is 9.57 Å². The van der Waals surface area contributed by atoms with Crippen molar-refractivity contribution < 1.29 is 14.4 Å². The molecule has 23 heavy (non-hydrogen) atoms. The summed E-state index contributed by atoms with van der Waals surface area (Å²) in [4.78, 5) is 24.8. The molecule has 0 bridgehead atoms. The summed E-state index contributed by atoms with van der Waals surface area (Å²) in [5.74, 6) is 0.520. The molecular weight excluding hydrogens is 314 g/mol. The molecule has 4 heterocycles. The molecule has 0 saturated carbocycles. The number of carbonyl (C=O) groups excluding carboxylic acids is 1. The first-order valence-corrected chi connectivity index (χ1v) is 9.38. The van der Waals surface area contributed by atoms with E-state index in [9.17, 15) is 4.79 Å². The Bertz CT molecular complexity index is 533. The van der Waals surface area contributed by atoms with Crippen molar-refractivity contribution in [1.82, 2.24) is 14.9 Å². The molecule has 6 nitrogen and oxygen atoms in total. The van der Waals surface area contributed by atoms with E-state index in [0.717, 1.165) is 50.3 Å². The molecule has 0 aliphatic carbocycles. The number of ether oxygens (including phenoxy) is 1. The molecule has 1 amide bonds. The summed E-state index contributed by atoms with van der Waals surface area (Å²) in [5, 5.41) is 4.69. The first kappa shape index (κ1) is 15.5. The lowest BCUT2D eigenvalue weighted by molar-refractivity contribution is -0.206. The number of hydroxylamine groups is 2. The number of fused-ring (bicyclic) bond motifs is 1. The Morgan fingerprint density at radius 3 is 3.13 bits per heavy atom. The lowest BCUT2D eigenvalue weighted by atomic mass is 9.91. The van der Waals surface area contributed by atoms with Crippen LogP contribution >= 0.6 is 11.3 Å². The van der Waals surface area contributed by atoms with Gasteiger partial charge in [0.25, 0.3) is 5.91 Å². The number of hydrogen-bond donors (Lipinski definition) is 0. The highest BCUT2D eigenvalue weighted by molar-refractivity contribution is 7.09. The van der Waals surface area contributed by atoms with E-state index in [1.54, 1.807) is 11.3 Å². The first-order valence-electron chi connectivity index (χ1n) is 8.50. The van der Waals surface area contributed by atoms with Crippen molar-refractivity contribution in [3.8, 4) is 0 Å². The predicted molar refractivity (Wildman–Crippen MR) is 85.7 cm³/mol. The van der Waals surface area contributed by atoms with Gasteiger partial charge in [0.15, 0.2) is 0 Å². The van der Waals surface area contributed by atoms with Crippen LogP contribution in [0, 0.1) is 5.92 Å². The van der Waals surface area contributed by atoms with E-state index < -0.39 is 0 Å². The van der Waals surface area contributed by atoms with Gasteiger partial charge in [-0.05, 0) is 38.1 Å². The zero-order valence-electron chi connectivity index (χ0n) is 13.2. The summed E-state index contributed by atoms with van der Waals surface area (Å²) in [6.07, 6.45) is 5.70. The third-order valence-corrected chi connectivity index (χ3v) is 5.77. The maximum Gasteiger partial charge on any atom is 0.275 e. The fraction of sp³-hybridized carbons (Fsp3) is 0.750. The second-order valence-electron chi connectivity index (χ2n) is 6.59. The molecule has 3 saturated heterocycles. The van der Waals surface area contributed by atoms with Crippen LogP contribution in [0.15, 0.2) is 11.6 Å². The number of thiazole rings is 1. The largest absolute Gasteiger partial charge is 0.363 e. The first-order chi connectivity index (χ1) is 11.3. The van der Waals surface area contributed by atoms with Gasteiger partial charge >= 0.3 is 0 Å². The van der Waals surface area contributed by atoms with Gasteiger partial charge in [0.05, 0.1) is 19.3 Å². The minimum absolute atomic E-state index is 0.0190. The fourth-order valence-electron chi connectivity index (χ4n) is 3.75. The Morgan fingerprint density at radius 2 is 2.35 bits per heavy atom. The van der Waals surface area contributed by atoms with Gasteiger partial charge in [-0.3, -0.25) is 14.5 Å². The molecule has 126 valence electrons. The standard InChI is InChI=1S/C16H23N3O3S/c20-16(19-5-1-2-7-21-19)13-9-12-3-6-18(10-14(12)22-13)11-15-17-4-8-23-15/h4,8,12-14H,1-3,5-7,9-11H2/t12-,13-,14+/m0/s1. The van der Waals surface area contributed by atoms with Gasteiger partial charge in [-0.1, -0.05) is 0 Å². The normalized spacial score (nSPS) is 32.0. The summed E-state index contributed by atoms with van der Waals surface area (Å²) >= 11 is 1.70. The molecule has 7 heteroatoms. The Balaban J connectivity index is 1.33. The highest BCUT2D eigenvalue weighted by Gasteiger charge is 2.43. The van der Waals surface area contributed by atoms with Crippen LogP contribution in [-0.2, 0) is 20.9 Å². The number of amides is 1. The van der Waals surface area contributed by atoms with Crippen LogP contribution in [0.2, 0.25) is 0 Å². The number of likely N-dealkylation sites (tertiary alicyclic amines) is 1. The highest BCUT2D eigenvalue weighted by Crippen LogP contribution is 2.34. The molecule has 4 rings (SSSR count). The van der Waals surface area contributed by atoms with E-state index in [2.05, 4.69) is 9.88 Å². The monoisotopic (exact) mass is 337 g/mol. The zero-order chi connectivity index (χ0) is 15.6. The smallest absolute Gasteiger partial charge is 0.275 e. The Kier molecular flexibility index (Phi) is 4.61. The Hall–Kier alpha value is -1.02. The molecule has 3 aliphatic heterocycles. The van der Waals surface area contributed by atoms with E-state index in [0.29, 0.717) is 19.1 Å². The topological polar surface area (TPSA) is 54.9 Å². The van der Waals surface area contributed by atoms with Crippen molar-refractivity contribution in [1.29, 1.82) is 0 Å². The molecule has 3 aliphatic rings. The van der Waals surface area contributed by atoms with Gasteiger partial charge < -0.3 is 4.74 Å². The molecule has 3 fully saturated rings. The second kappa shape index (κ2) is 6.84. The van der Waals surface area contributed by atoms with E-state index in [1.165, 1.54) is 5.06 Å². The number of rotatable bonds is 3. The van der Waals surface area contributed by atoms with Crippen LogP contribution in [0.5, 0.6) is 0 Å². The number of carbonyl (C=O) groups is 1. The average Bonchev–Trinajstić information content (AvgIpc) is 3.24. The lowest BCUT2D eigenvalue weighted by Crippen LogP contribution is -2.43. The van der Waals surface area contributed by atoms with Crippen molar-refractivity contribution in [2.45, 2.75) is 44.4 Å². The number of aromatic nitrogens is 1. The minimum Gasteiger partial charge on any atom is -0.363 e. The number of hydrogen-bond acceptors (Lipinski definition) is 6. The summed E-state index contributed by atoms with van der Waals surface area (Å²) in [7, 11) is 0. The van der Waals surface area contributed by atoms with Crippen LogP contribution in [-0.4, -0.2) is 59.3 Å². The summed E-state index contributed by atoms with van der Waals surface area (Å²) in [5.41, 5.74) is 0. The predicted octanol–water partition coefficient (Wildman–Crippen LogP) is 1.68. The fourth-order valence-corrected chi connectivity index (χ4v) is 4.41. The summed E-state index contributed by atoms with van der Waals surface area (Å²) in [6.45, 7) is 4.19. The summed E-state index contributed by atoms with van der Waals surface area (Å²) < 4.78 is 6.10. The zero-order valence-corrected chi connectivity index (χ0v) is 14.0. The second-order valence-corrected chi connectivity index (χ2v) is 7.57. The quantitative estimate of drug-likeness (QED) is 0.840. The van der Waals surface area contributed by atoms with Gasteiger partial charge in [0.1, 0.15) is 11.1 Å². The van der Waals surface area contributed by atoms with Crippen molar-refractivity contribution in [3.05, 3.63) is 16.6 Å². The van der Waals surface area contributed by atoms with Crippen molar-refractivity contribution in [2.24, 2.45) is 5.92 Å². The molecule has 0 spiro atoms. The van der Waals surface area contributed by atoms with Gasteiger partial charge in [0, 0.05) is 24.7 Å². The Labute approximate surface area is 140 Å². The molecule has 3 atom stereocenters. The van der Waals surface area contributed by atoms with E-state index >= 15 is 0 Å². The molecule has 1 aromatic rings. The van der Waals surface area contributed by atoms with Gasteiger partial charge in [-0.2, -0.15) is 0 Å². The SMILES string of the molecule is O=C([C@@H]1C[C@@H]2CCN(Cc3nccs3)C[C@H]2O1)N1CCCCO1. The van der Waals surface area contributed by atoms with Crippen molar-refractivity contribution in [2.75, 3.05) is 26.2 Å². The maximum absolute atomic E-state index is 12.5. The van der Waals surface area contributed by atoms with Gasteiger partial charge in [-0.25, -0.2) is 10.0 Å². The third-order valence-electron chi connectivity index (χ3n) is 5.00. The van der Waals surface area contributed by atoms with Gasteiger partial charge in [0.2, 0.25) is 0 Å². The average molecular weight is 337 g/mol. The van der Waals surface area contributed by atoms with Crippen molar-refractivity contribution in [3.63, 3.8) is 0 Å². The molecule has 0 unspecified atom stereocenters. The molecule has 1 aromatic heterocycles. The van der Waals surface area contributed by atoms with Crippen LogP contribution in [0.4, 0.5) is 0 Å². The van der Waals surface area contributed by atoms with E-state index in [-0.39, 0.29) is 18.1 Å². The van der Waals surface area contributed by atoms with Crippen LogP contribution in [0.3, 0.4) is 0 Å². The molecule has 0 radical (unpaired) electrons.